The zero-order chi connectivity index (χ0) is 21.2. The van der Waals surface area contributed by atoms with E-state index in [1.165, 1.54) is 0 Å². The van der Waals surface area contributed by atoms with E-state index < -0.39 is 0 Å². The number of aromatic nitrogens is 4. The van der Waals surface area contributed by atoms with Crippen molar-refractivity contribution < 1.29 is 9.47 Å². The first-order valence-corrected chi connectivity index (χ1v) is 10.2. The zero-order valence-electron chi connectivity index (χ0n) is 17.6. The summed E-state index contributed by atoms with van der Waals surface area (Å²) in [6.45, 7) is 3.37. The van der Waals surface area contributed by atoms with Gasteiger partial charge in [0.25, 0.3) is 0 Å². The number of methoxy groups -OCH3 is 2. The Kier molecular flexibility index (Phi) is 5.03. The van der Waals surface area contributed by atoms with E-state index in [1.54, 1.807) is 20.5 Å². The Morgan fingerprint density at radius 2 is 1.61 bits per heavy atom. The first kappa shape index (κ1) is 19.2. The van der Waals surface area contributed by atoms with Gasteiger partial charge in [-0.3, -0.25) is 0 Å². The van der Waals surface area contributed by atoms with Crippen LogP contribution in [0.1, 0.15) is 0 Å². The molecule has 4 aromatic rings. The number of anilines is 2. The van der Waals surface area contributed by atoms with Crippen LogP contribution >= 0.6 is 0 Å². The average molecular weight is 416 g/mol. The summed E-state index contributed by atoms with van der Waals surface area (Å²) in [5, 5.41) is 5.53. The van der Waals surface area contributed by atoms with Crippen LogP contribution in [0, 0.1) is 0 Å². The van der Waals surface area contributed by atoms with Crippen molar-refractivity contribution in [3.63, 3.8) is 0 Å². The number of nitrogens with zero attached hydrogens (tertiary/aromatic N) is 6. The monoisotopic (exact) mass is 416 g/mol. The number of hydrogen-bond acceptors (Lipinski definition) is 7. The van der Waals surface area contributed by atoms with Crippen LogP contribution < -0.4 is 19.3 Å². The maximum atomic E-state index is 5.57. The minimum atomic E-state index is 0.813. The first-order valence-electron chi connectivity index (χ1n) is 10.2. The van der Waals surface area contributed by atoms with Crippen molar-refractivity contribution in [2.24, 2.45) is 0 Å². The Bertz CT molecular complexity index is 1190. The number of para-hydroxylation sites is 1. The van der Waals surface area contributed by atoms with Crippen molar-refractivity contribution in [3.8, 4) is 17.2 Å². The molecule has 1 aliphatic heterocycles. The van der Waals surface area contributed by atoms with Gasteiger partial charge in [-0.05, 0) is 24.3 Å². The lowest BCUT2D eigenvalue weighted by atomic mass is 10.2. The summed E-state index contributed by atoms with van der Waals surface area (Å²) in [5.74, 6) is 2.59. The molecule has 1 fully saturated rings. The van der Waals surface area contributed by atoms with E-state index in [-0.39, 0.29) is 0 Å². The molecule has 1 saturated heterocycles. The highest BCUT2D eigenvalue weighted by atomic mass is 16.5. The second kappa shape index (κ2) is 8.14. The summed E-state index contributed by atoms with van der Waals surface area (Å²) >= 11 is 0. The Labute approximate surface area is 180 Å². The molecule has 1 aliphatic rings. The lowest BCUT2D eigenvalue weighted by Gasteiger charge is -2.37. The SMILES string of the molecule is COc1ccc(OC)c(N2CCN(c3ncnc4c3cnn4-c3ccccc3)CC2)c1. The van der Waals surface area contributed by atoms with Crippen molar-refractivity contribution in [2.45, 2.75) is 0 Å². The second-order valence-electron chi connectivity index (χ2n) is 7.34. The van der Waals surface area contributed by atoms with Gasteiger partial charge in [0.15, 0.2) is 5.65 Å². The molecule has 5 rings (SSSR count). The van der Waals surface area contributed by atoms with Crippen LogP contribution in [-0.2, 0) is 0 Å². The van der Waals surface area contributed by atoms with Gasteiger partial charge in [-0.1, -0.05) is 18.2 Å². The highest BCUT2D eigenvalue weighted by Crippen LogP contribution is 2.34. The van der Waals surface area contributed by atoms with E-state index in [0.29, 0.717) is 0 Å². The van der Waals surface area contributed by atoms with Gasteiger partial charge in [0.1, 0.15) is 23.6 Å². The second-order valence-corrected chi connectivity index (χ2v) is 7.34. The molecular weight excluding hydrogens is 392 g/mol. The van der Waals surface area contributed by atoms with Crippen LogP contribution in [0.5, 0.6) is 11.5 Å². The smallest absolute Gasteiger partial charge is 0.168 e. The van der Waals surface area contributed by atoms with E-state index in [1.807, 2.05) is 59.4 Å². The van der Waals surface area contributed by atoms with E-state index >= 15 is 0 Å². The van der Waals surface area contributed by atoms with E-state index in [9.17, 15) is 0 Å². The lowest BCUT2D eigenvalue weighted by Crippen LogP contribution is -2.47. The Balaban J connectivity index is 1.40. The molecule has 8 nitrogen and oxygen atoms in total. The first-order chi connectivity index (χ1) is 15.3. The predicted octanol–water partition coefficient (Wildman–Crippen LogP) is 3.16. The van der Waals surface area contributed by atoms with Crippen LogP contribution in [0.15, 0.2) is 61.1 Å². The fourth-order valence-electron chi connectivity index (χ4n) is 4.04. The third-order valence-corrected chi connectivity index (χ3v) is 5.65. The molecule has 0 N–H and O–H groups in total. The average Bonchev–Trinajstić information content (AvgIpc) is 3.29. The fraction of sp³-hybridized carbons (Fsp3) is 0.261. The molecule has 2 aromatic heterocycles. The number of piperazine rings is 1. The van der Waals surface area contributed by atoms with Gasteiger partial charge in [-0.15, -0.1) is 0 Å². The molecule has 3 heterocycles. The van der Waals surface area contributed by atoms with Crippen LogP contribution in [0.2, 0.25) is 0 Å². The molecule has 0 bridgehead atoms. The number of benzene rings is 2. The topological polar surface area (TPSA) is 68.5 Å². The quantitative estimate of drug-likeness (QED) is 0.495. The van der Waals surface area contributed by atoms with Crippen molar-refractivity contribution in [3.05, 3.63) is 61.1 Å². The molecular formula is C23H24N6O2. The van der Waals surface area contributed by atoms with E-state index in [2.05, 4.69) is 24.9 Å². The van der Waals surface area contributed by atoms with E-state index in [4.69, 9.17) is 9.47 Å². The maximum Gasteiger partial charge on any atom is 0.168 e. The Morgan fingerprint density at radius 3 is 2.35 bits per heavy atom. The van der Waals surface area contributed by atoms with Gasteiger partial charge in [0.05, 0.1) is 37.2 Å². The van der Waals surface area contributed by atoms with Gasteiger partial charge in [0, 0.05) is 32.2 Å². The highest BCUT2D eigenvalue weighted by molar-refractivity contribution is 5.87. The summed E-state index contributed by atoms with van der Waals surface area (Å²) in [6.07, 6.45) is 3.48. The number of ether oxygens (including phenoxy) is 2. The standard InChI is InChI=1S/C23H24N6O2/c1-30-18-8-9-21(31-2)20(14-18)27-10-12-28(13-11-27)22-19-15-26-29(23(19)25-16-24-22)17-6-4-3-5-7-17/h3-9,14-16H,10-13H2,1-2H3. The Hall–Kier alpha value is -3.81. The lowest BCUT2D eigenvalue weighted by molar-refractivity contribution is 0.402. The molecule has 8 heteroatoms. The summed E-state index contributed by atoms with van der Waals surface area (Å²) in [5.41, 5.74) is 2.84. The highest BCUT2D eigenvalue weighted by Gasteiger charge is 2.23. The molecule has 0 amide bonds. The van der Waals surface area contributed by atoms with Crippen LogP contribution in [0.4, 0.5) is 11.5 Å². The minimum Gasteiger partial charge on any atom is -0.497 e. The van der Waals surface area contributed by atoms with Crippen LogP contribution in [0.3, 0.4) is 0 Å². The zero-order valence-corrected chi connectivity index (χ0v) is 17.6. The van der Waals surface area contributed by atoms with Gasteiger partial charge in [0.2, 0.25) is 0 Å². The van der Waals surface area contributed by atoms with Crippen molar-refractivity contribution in [2.75, 3.05) is 50.2 Å². The molecule has 2 aromatic carbocycles. The van der Waals surface area contributed by atoms with Crippen molar-refractivity contribution in [1.29, 1.82) is 0 Å². The number of fused-ring (bicyclic) bond motifs is 1. The normalized spacial score (nSPS) is 14.1. The minimum absolute atomic E-state index is 0.813. The Morgan fingerprint density at radius 1 is 0.839 bits per heavy atom. The van der Waals surface area contributed by atoms with Crippen molar-refractivity contribution >= 4 is 22.5 Å². The largest absolute Gasteiger partial charge is 0.497 e. The van der Waals surface area contributed by atoms with Gasteiger partial charge >= 0.3 is 0 Å². The number of rotatable bonds is 5. The van der Waals surface area contributed by atoms with Crippen LogP contribution in [-0.4, -0.2) is 60.1 Å². The van der Waals surface area contributed by atoms with Gasteiger partial charge < -0.3 is 19.3 Å². The van der Waals surface area contributed by atoms with E-state index in [0.717, 1.165) is 65.9 Å². The molecule has 0 atom stereocenters. The third-order valence-electron chi connectivity index (χ3n) is 5.65. The summed E-state index contributed by atoms with van der Waals surface area (Å²) in [6, 6.07) is 15.9. The molecule has 158 valence electrons. The molecule has 0 radical (unpaired) electrons. The molecule has 0 saturated carbocycles. The molecule has 0 spiro atoms. The van der Waals surface area contributed by atoms with Crippen LogP contribution in [0.25, 0.3) is 16.7 Å². The molecule has 0 aliphatic carbocycles. The van der Waals surface area contributed by atoms with Crippen molar-refractivity contribution in [1.82, 2.24) is 19.7 Å². The third kappa shape index (κ3) is 3.50. The molecule has 0 unspecified atom stereocenters. The molecule has 31 heavy (non-hydrogen) atoms. The summed E-state index contributed by atoms with van der Waals surface area (Å²) in [7, 11) is 3.38. The summed E-state index contributed by atoms with van der Waals surface area (Å²) < 4.78 is 12.8. The maximum absolute atomic E-state index is 5.57. The fourth-order valence-corrected chi connectivity index (χ4v) is 4.04. The number of hydrogen-bond donors (Lipinski definition) is 0. The van der Waals surface area contributed by atoms with Gasteiger partial charge in [-0.25, -0.2) is 14.6 Å². The summed E-state index contributed by atoms with van der Waals surface area (Å²) in [4.78, 5) is 13.7. The predicted molar refractivity (Wildman–Crippen MR) is 121 cm³/mol. The van der Waals surface area contributed by atoms with Gasteiger partial charge in [-0.2, -0.15) is 5.10 Å².